The molecular formula is C5H8ClN3O. The Kier molecular flexibility index (Phi) is 2.65. The molecule has 1 aromatic rings. The van der Waals surface area contributed by atoms with Crippen molar-refractivity contribution in [3.8, 4) is 0 Å². The zero-order chi connectivity index (χ0) is 7.40. The molecule has 56 valence electrons. The molecule has 1 aromatic heterocycles. The molecule has 1 N–H and O–H groups in total. The van der Waals surface area contributed by atoms with Gasteiger partial charge in [0.15, 0.2) is 0 Å². The summed E-state index contributed by atoms with van der Waals surface area (Å²) in [6.45, 7) is 0.566. The van der Waals surface area contributed by atoms with E-state index in [1.807, 2.05) is 0 Å². The first-order chi connectivity index (χ1) is 4.86. The van der Waals surface area contributed by atoms with Gasteiger partial charge in [-0.1, -0.05) is 5.21 Å². The van der Waals surface area contributed by atoms with Crippen molar-refractivity contribution < 1.29 is 5.11 Å². The molecule has 1 heterocycles. The molecule has 5 heteroatoms. The van der Waals surface area contributed by atoms with Gasteiger partial charge in [-0.15, -0.1) is 16.7 Å². The number of aryl methyl sites for hydroxylation is 1. The van der Waals surface area contributed by atoms with Gasteiger partial charge < -0.3 is 5.11 Å². The first-order valence-electron chi connectivity index (χ1n) is 2.92. The molecule has 0 aliphatic rings. The summed E-state index contributed by atoms with van der Waals surface area (Å²) in [6.07, 6.45) is 1.67. The quantitative estimate of drug-likeness (QED) is 0.636. The third-order valence-electron chi connectivity index (χ3n) is 1.06. The molecule has 4 nitrogen and oxygen atoms in total. The average Bonchev–Trinajstić information content (AvgIpc) is 2.37. The summed E-state index contributed by atoms with van der Waals surface area (Å²) in [5, 5.41) is 15.9. The fourth-order valence-electron chi connectivity index (χ4n) is 0.607. The average molecular weight is 162 g/mol. The summed E-state index contributed by atoms with van der Waals surface area (Å²) in [5.74, 6) is 0.508. The van der Waals surface area contributed by atoms with Crippen LogP contribution < -0.4 is 0 Å². The molecule has 1 rings (SSSR count). The van der Waals surface area contributed by atoms with Crippen molar-refractivity contribution in [1.82, 2.24) is 15.0 Å². The Morgan fingerprint density at radius 1 is 1.70 bits per heavy atom. The number of hydrogen-bond acceptors (Lipinski definition) is 3. The van der Waals surface area contributed by atoms with E-state index in [1.54, 1.807) is 10.9 Å². The molecule has 0 saturated carbocycles. The predicted molar refractivity (Wildman–Crippen MR) is 36.7 cm³/mol. The summed E-state index contributed by atoms with van der Waals surface area (Å²) >= 11 is 5.44. The highest BCUT2D eigenvalue weighted by molar-refractivity contribution is 6.17. The minimum absolute atomic E-state index is 0.0672. The van der Waals surface area contributed by atoms with Crippen LogP contribution in [0.1, 0.15) is 5.69 Å². The Balaban J connectivity index is 2.59. The monoisotopic (exact) mass is 161 g/mol. The van der Waals surface area contributed by atoms with Gasteiger partial charge in [0.25, 0.3) is 0 Å². The van der Waals surface area contributed by atoms with Gasteiger partial charge in [-0.2, -0.15) is 0 Å². The van der Waals surface area contributed by atoms with E-state index >= 15 is 0 Å². The highest BCUT2D eigenvalue weighted by atomic mass is 35.5. The van der Waals surface area contributed by atoms with E-state index in [2.05, 4.69) is 10.3 Å². The van der Waals surface area contributed by atoms with E-state index in [-0.39, 0.29) is 6.61 Å². The Bertz CT molecular complexity index is 201. The zero-order valence-electron chi connectivity index (χ0n) is 5.37. The summed E-state index contributed by atoms with van der Waals surface area (Å²) in [5.41, 5.74) is 0.574. The number of aromatic nitrogens is 3. The van der Waals surface area contributed by atoms with Gasteiger partial charge in [0.05, 0.1) is 19.3 Å². The maximum absolute atomic E-state index is 8.57. The molecule has 0 aromatic carbocycles. The van der Waals surface area contributed by atoms with Crippen molar-refractivity contribution in [2.24, 2.45) is 0 Å². The van der Waals surface area contributed by atoms with Crippen LogP contribution in [-0.2, 0) is 13.2 Å². The van der Waals surface area contributed by atoms with Crippen LogP contribution in [0, 0.1) is 0 Å². The zero-order valence-corrected chi connectivity index (χ0v) is 6.12. The van der Waals surface area contributed by atoms with Crippen molar-refractivity contribution in [3.63, 3.8) is 0 Å². The number of halogens is 1. The summed E-state index contributed by atoms with van der Waals surface area (Å²) < 4.78 is 1.60. The van der Waals surface area contributed by atoms with Crippen LogP contribution in [-0.4, -0.2) is 26.0 Å². The van der Waals surface area contributed by atoms with Gasteiger partial charge in [0.2, 0.25) is 0 Å². The maximum atomic E-state index is 8.57. The van der Waals surface area contributed by atoms with Crippen LogP contribution in [0.25, 0.3) is 0 Å². The Labute approximate surface area is 63.4 Å². The molecular weight excluding hydrogens is 154 g/mol. The van der Waals surface area contributed by atoms with E-state index in [1.165, 1.54) is 0 Å². The SMILES string of the molecule is OCc1cn(CCCl)nn1. The van der Waals surface area contributed by atoms with Gasteiger partial charge in [-0.05, 0) is 0 Å². The maximum Gasteiger partial charge on any atom is 0.108 e. The normalized spacial score (nSPS) is 10.2. The van der Waals surface area contributed by atoms with Gasteiger partial charge in [-0.3, -0.25) is 4.68 Å². The second-order valence-electron chi connectivity index (χ2n) is 1.82. The van der Waals surface area contributed by atoms with Crippen molar-refractivity contribution in [2.75, 3.05) is 5.88 Å². The number of hydrogen-bond donors (Lipinski definition) is 1. The Morgan fingerprint density at radius 3 is 3.00 bits per heavy atom. The van der Waals surface area contributed by atoms with E-state index in [0.29, 0.717) is 18.1 Å². The van der Waals surface area contributed by atoms with Gasteiger partial charge in [0.1, 0.15) is 5.69 Å². The lowest BCUT2D eigenvalue weighted by molar-refractivity contribution is 0.276. The van der Waals surface area contributed by atoms with Crippen LogP contribution in [0.5, 0.6) is 0 Å². The van der Waals surface area contributed by atoms with Crippen LogP contribution >= 0.6 is 11.6 Å². The molecule has 0 unspecified atom stereocenters. The topological polar surface area (TPSA) is 50.9 Å². The van der Waals surface area contributed by atoms with Crippen molar-refractivity contribution in [1.29, 1.82) is 0 Å². The summed E-state index contributed by atoms with van der Waals surface area (Å²) in [4.78, 5) is 0. The van der Waals surface area contributed by atoms with Gasteiger partial charge in [-0.25, -0.2) is 0 Å². The minimum Gasteiger partial charge on any atom is -0.390 e. The molecule has 0 spiro atoms. The molecule has 10 heavy (non-hydrogen) atoms. The highest BCUT2D eigenvalue weighted by Gasteiger charge is 1.96. The molecule has 0 saturated heterocycles. The first-order valence-corrected chi connectivity index (χ1v) is 3.46. The van der Waals surface area contributed by atoms with E-state index < -0.39 is 0 Å². The highest BCUT2D eigenvalue weighted by Crippen LogP contribution is 1.92. The molecule has 0 bridgehead atoms. The fraction of sp³-hybridized carbons (Fsp3) is 0.600. The largest absolute Gasteiger partial charge is 0.390 e. The van der Waals surface area contributed by atoms with Gasteiger partial charge in [0, 0.05) is 5.88 Å². The number of nitrogens with zero attached hydrogens (tertiary/aromatic N) is 3. The van der Waals surface area contributed by atoms with E-state index in [0.717, 1.165) is 0 Å². The standard InChI is InChI=1S/C5H8ClN3O/c6-1-2-9-3-5(4-10)7-8-9/h3,10H,1-2,4H2. The summed E-state index contributed by atoms with van der Waals surface area (Å²) in [7, 11) is 0. The van der Waals surface area contributed by atoms with Crippen LogP contribution in [0.15, 0.2) is 6.20 Å². The Morgan fingerprint density at radius 2 is 2.50 bits per heavy atom. The molecule has 0 aliphatic heterocycles. The summed E-state index contributed by atoms with van der Waals surface area (Å²) in [6, 6.07) is 0. The smallest absolute Gasteiger partial charge is 0.108 e. The fourth-order valence-corrected chi connectivity index (χ4v) is 0.780. The lowest BCUT2D eigenvalue weighted by Crippen LogP contribution is -1.98. The predicted octanol–water partition coefficient (Wildman–Crippen LogP) is 0.00920. The number of rotatable bonds is 3. The van der Waals surface area contributed by atoms with Crippen molar-refractivity contribution >= 4 is 11.6 Å². The number of alkyl halides is 1. The van der Waals surface area contributed by atoms with E-state index in [4.69, 9.17) is 16.7 Å². The van der Waals surface area contributed by atoms with Crippen LogP contribution in [0.2, 0.25) is 0 Å². The third-order valence-corrected chi connectivity index (χ3v) is 1.23. The van der Waals surface area contributed by atoms with E-state index in [9.17, 15) is 0 Å². The second-order valence-corrected chi connectivity index (χ2v) is 2.20. The Hall–Kier alpha value is -0.610. The molecule has 0 aliphatic carbocycles. The molecule has 0 fully saturated rings. The number of aliphatic hydroxyl groups is 1. The molecule has 0 amide bonds. The molecule has 0 atom stereocenters. The van der Waals surface area contributed by atoms with Gasteiger partial charge >= 0.3 is 0 Å². The minimum atomic E-state index is -0.0672. The van der Waals surface area contributed by atoms with Crippen molar-refractivity contribution in [2.45, 2.75) is 13.2 Å². The second kappa shape index (κ2) is 3.53. The van der Waals surface area contributed by atoms with Crippen LogP contribution in [0.3, 0.4) is 0 Å². The lowest BCUT2D eigenvalue weighted by Gasteiger charge is -1.90. The number of aliphatic hydroxyl groups excluding tert-OH is 1. The van der Waals surface area contributed by atoms with Crippen molar-refractivity contribution in [3.05, 3.63) is 11.9 Å². The third kappa shape index (κ3) is 1.68. The lowest BCUT2D eigenvalue weighted by atomic mass is 10.5. The molecule has 0 radical (unpaired) electrons. The van der Waals surface area contributed by atoms with Crippen LogP contribution in [0.4, 0.5) is 0 Å². The first kappa shape index (κ1) is 7.50.